The van der Waals surface area contributed by atoms with Crippen molar-refractivity contribution in [3.05, 3.63) is 46.5 Å². The number of fused-ring (bicyclic) bond motifs is 1. The van der Waals surface area contributed by atoms with E-state index in [-0.39, 0.29) is 5.91 Å². The van der Waals surface area contributed by atoms with Crippen LogP contribution in [-0.2, 0) is 4.79 Å². The Balaban J connectivity index is 1.70. The van der Waals surface area contributed by atoms with Gasteiger partial charge in [0.15, 0.2) is 11.2 Å². The molecule has 1 unspecified atom stereocenters. The molecule has 0 spiro atoms. The largest absolute Gasteiger partial charge is 0.494 e. The van der Waals surface area contributed by atoms with Crippen LogP contribution in [0.5, 0.6) is 11.5 Å². The number of amides is 1. The zero-order valence-electron chi connectivity index (χ0n) is 15.6. The molecule has 27 heavy (non-hydrogen) atoms. The fourth-order valence-corrected chi connectivity index (χ4v) is 3.66. The maximum atomic E-state index is 12.5. The summed E-state index contributed by atoms with van der Waals surface area (Å²) in [7, 11) is 0. The van der Waals surface area contributed by atoms with Gasteiger partial charge in [-0.25, -0.2) is 4.98 Å². The number of aromatic nitrogens is 1. The number of benzene rings is 2. The highest BCUT2D eigenvalue weighted by atomic mass is 35.5. The Morgan fingerprint density at radius 1 is 1.22 bits per heavy atom. The van der Waals surface area contributed by atoms with E-state index in [2.05, 4.69) is 10.3 Å². The van der Waals surface area contributed by atoms with E-state index in [1.165, 1.54) is 11.3 Å². The first-order valence-corrected chi connectivity index (χ1v) is 9.84. The molecule has 1 atom stereocenters. The highest BCUT2D eigenvalue weighted by Crippen LogP contribution is 2.30. The average molecular weight is 405 g/mol. The normalized spacial score (nSPS) is 12.0. The van der Waals surface area contributed by atoms with Gasteiger partial charge >= 0.3 is 0 Å². The lowest BCUT2D eigenvalue weighted by molar-refractivity contribution is -0.122. The third kappa shape index (κ3) is 4.51. The first kappa shape index (κ1) is 19.5. The fraction of sp³-hybridized carbons (Fsp3) is 0.300. The third-order valence-corrected chi connectivity index (χ3v) is 5.52. The van der Waals surface area contributed by atoms with Crippen LogP contribution in [0.3, 0.4) is 0 Å². The minimum absolute atomic E-state index is 0.260. The molecule has 0 radical (unpaired) electrons. The second-order valence-corrected chi connectivity index (χ2v) is 7.61. The van der Waals surface area contributed by atoms with Crippen molar-refractivity contribution < 1.29 is 14.3 Å². The van der Waals surface area contributed by atoms with Gasteiger partial charge in [-0.05, 0) is 69.2 Å². The molecule has 1 amide bonds. The summed E-state index contributed by atoms with van der Waals surface area (Å²) < 4.78 is 12.2. The molecule has 7 heteroatoms. The molecule has 3 aromatic rings. The lowest BCUT2D eigenvalue weighted by Crippen LogP contribution is -2.30. The predicted molar refractivity (Wildman–Crippen MR) is 110 cm³/mol. The van der Waals surface area contributed by atoms with Gasteiger partial charge in [-0.3, -0.25) is 10.1 Å². The van der Waals surface area contributed by atoms with Crippen LogP contribution >= 0.6 is 22.9 Å². The van der Waals surface area contributed by atoms with Crippen LogP contribution in [0.15, 0.2) is 30.3 Å². The average Bonchev–Trinajstić information content (AvgIpc) is 3.01. The Morgan fingerprint density at radius 2 is 1.93 bits per heavy atom. The van der Waals surface area contributed by atoms with Crippen LogP contribution in [0, 0.1) is 13.8 Å². The van der Waals surface area contributed by atoms with E-state index in [4.69, 9.17) is 21.1 Å². The van der Waals surface area contributed by atoms with Gasteiger partial charge in [-0.15, -0.1) is 0 Å². The van der Waals surface area contributed by atoms with Crippen LogP contribution in [0.1, 0.15) is 25.0 Å². The molecule has 3 rings (SSSR count). The van der Waals surface area contributed by atoms with Crippen molar-refractivity contribution in [2.24, 2.45) is 0 Å². The lowest BCUT2D eigenvalue weighted by Gasteiger charge is -2.15. The zero-order chi connectivity index (χ0) is 19.6. The predicted octanol–water partition coefficient (Wildman–Crippen LogP) is 5.37. The molecule has 5 nitrogen and oxygen atoms in total. The van der Waals surface area contributed by atoms with Crippen molar-refractivity contribution in [1.82, 2.24) is 4.98 Å². The van der Waals surface area contributed by atoms with E-state index in [0.29, 0.717) is 22.5 Å². The molecule has 0 saturated heterocycles. The van der Waals surface area contributed by atoms with Gasteiger partial charge in [0, 0.05) is 5.02 Å². The summed E-state index contributed by atoms with van der Waals surface area (Å²) in [6.45, 7) is 8.06. The fourth-order valence-electron chi connectivity index (χ4n) is 2.65. The Morgan fingerprint density at radius 3 is 2.59 bits per heavy atom. The van der Waals surface area contributed by atoms with Crippen molar-refractivity contribution in [1.29, 1.82) is 0 Å². The smallest absolute Gasteiger partial charge is 0.266 e. The minimum Gasteiger partial charge on any atom is -0.494 e. The summed E-state index contributed by atoms with van der Waals surface area (Å²) in [4.78, 5) is 16.9. The highest BCUT2D eigenvalue weighted by Gasteiger charge is 2.18. The van der Waals surface area contributed by atoms with Gasteiger partial charge in [-0.1, -0.05) is 22.9 Å². The van der Waals surface area contributed by atoms with Crippen molar-refractivity contribution in [3.63, 3.8) is 0 Å². The Kier molecular flexibility index (Phi) is 5.87. The van der Waals surface area contributed by atoms with Crippen molar-refractivity contribution in [3.8, 4) is 11.5 Å². The molecule has 1 aromatic heterocycles. The SMILES string of the molecule is CCOc1ccc2nc(NC(=O)C(C)Oc3cc(C)c(Cl)c(C)c3)sc2c1. The summed E-state index contributed by atoms with van der Waals surface area (Å²) in [5, 5.41) is 4.06. The van der Waals surface area contributed by atoms with Crippen molar-refractivity contribution >= 4 is 44.2 Å². The summed E-state index contributed by atoms with van der Waals surface area (Å²) >= 11 is 7.58. The molecule has 0 aliphatic heterocycles. The number of halogens is 1. The molecule has 0 fully saturated rings. The number of hydrogen-bond donors (Lipinski definition) is 1. The molecular weight excluding hydrogens is 384 g/mol. The number of thiazole rings is 1. The number of aryl methyl sites for hydroxylation is 2. The number of nitrogens with zero attached hydrogens (tertiary/aromatic N) is 1. The van der Waals surface area contributed by atoms with E-state index < -0.39 is 6.10 Å². The van der Waals surface area contributed by atoms with Crippen LogP contribution in [0.25, 0.3) is 10.2 Å². The molecule has 0 aliphatic rings. The molecule has 1 N–H and O–H groups in total. The van der Waals surface area contributed by atoms with Crippen LogP contribution in [-0.4, -0.2) is 23.6 Å². The number of ether oxygens (including phenoxy) is 2. The monoisotopic (exact) mass is 404 g/mol. The molecular formula is C20H21ClN2O3S. The summed E-state index contributed by atoms with van der Waals surface area (Å²) in [6, 6.07) is 9.32. The molecule has 142 valence electrons. The van der Waals surface area contributed by atoms with Gasteiger partial charge in [0.1, 0.15) is 11.5 Å². The van der Waals surface area contributed by atoms with Gasteiger partial charge in [0.05, 0.1) is 16.8 Å². The molecule has 0 saturated carbocycles. The first-order chi connectivity index (χ1) is 12.9. The maximum Gasteiger partial charge on any atom is 0.266 e. The van der Waals surface area contributed by atoms with E-state index in [1.807, 2.05) is 51.1 Å². The second kappa shape index (κ2) is 8.15. The number of carbonyl (C=O) groups is 1. The summed E-state index contributed by atoms with van der Waals surface area (Å²) in [6.07, 6.45) is -0.670. The van der Waals surface area contributed by atoms with E-state index >= 15 is 0 Å². The molecule has 1 heterocycles. The maximum absolute atomic E-state index is 12.5. The standard InChI is InChI=1S/C20H21ClN2O3S/c1-5-25-14-6-7-16-17(10-14)27-20(22-16)23-19(24)13(4)26-15-8-11(2)18(21)12(3)9-15/h6-10,13H,5H2,1-4H3,(H,22,23,24). The molecule has 0 bridgehead atoms. The number of hydrogen-bond acceptors (Lipinski definition) is 5. The number of anilines is 1. The van der Waals surface area contributed by atoms with E-state index in [9.17, 15) is 4.79 Å². The van der Waals surface area contributed by atoms with Crippen molar-refractivity contribution in [2.45, 2.75) is 33.8 Å². The number of nitrogens with one attached hydrogen (secondary N) is 1. The zero-order valence-corrected chi connectivity index (χ0v) is 17.2. The van der Waals surface area contributed by atoms with Crippen LogP contribution < -0.4 is 14.8 Å². The lowest BCUT2D eigenvalue weighted by atomic mass is 10.1. The van der Waals surface area contributed by atoms with Gasteiger partial charge < -0.3 is 9.47 Å². The third-order valence-electron chi connectivity index (χ3n) is 3.99. The molecule has 2 aromatic carbocycles. The van der Waals surface area contributed by atoms with Gasteiger partial charge in [0.25, 0.3) is 5.91 Å². The van der Waals surface area contributed by atoms with Crippen LogP contribution in [0.4, 0.5) is 5.13 Å². The number of carbonyl (C=O) groups excluding carboxylic acids is 1. The minimum atomic E-state index is -0.670. The van der Waals surface area contributed by atoms with E-state index in [1.54, 1.807) is 6.92 Å². The topological polar surface area (TPSA) is 60.5 Å². The van der Waals surface area contributed by atoms with Crippen molar-refractivity contribution in [2.75, 3.05) is 11.9 Å². The molecule has 0 aliphatic carbocycles. The Labute approximate surface area is 167 Å². The number of rotatable bonds is 6. The quantitative estimate of drug-likeness (QED) is 0.599. The van der Waals surface area contributed by atoms with Crippen LogP contribution in [0.2, 0.25) is 5.02 Å². The second-order valence-electron chi connectivity index (χ2n) is 6.20. The summed E-state index contributed by atoms with van der Waals surface area (Å²) in [5.41, 5.74) is 2.64. The highest BCUT2D eigenvalue weighted by molar-refractivity contribution is 7.22. The Bertz CT molecular complexity index is 964. The van der Waals surface area contributed by atoms with E-state index in [0.717, 1.165) is 27.1 Å². The Hall–Kier alpha value is -2.31. The summed E-state index contributed by atoms with van der Waals surface area (Å²) in [5.74, 6) is 1.14. The van der Waals surface area contributed by atoms with Gasteiger partial charge in [-0.2, -0.15) is 0 Å². The first-order valence-electron chi connectivity index (χ1n) is 8.65. The van der Waals surface area contributed by atoms with Gasteiger partial charge in [0.2, 0.25) is 0 Å².